The van der Waals surface area contributed by atoms with Crippen LogP contribution in [-0.4, -0.2) is 78.3 Å². The Hall–Kier alpha value is -1.24. The number of rotatable bonds is 5. The number of nitrogens with one attached hydrogen (secondary N) is 1. The minimum atomic E-state index is 0.541. The molecule has 2 fully saturated rings. The van der Waals surface area contributed by atoms with E-state index in [0.29, 0.717) is 6.04 Å². The number of hydrogen-bond acceptors (Lipinski definition) is 6. The van der Waals surface area contributed by atoms with Gasteiger partial charge in [0.15, 0.2) is 0 Å². The van der Waals surface area contributed by atoms with Crippen LogP contribution in [-0.2, 0) is 4.74 Å². The maximum Gasteiger partial charge on any atom is 0.129 e. The summed E-state index contributed by atoms with van der Waals surface area (Å²) in [7, 11) is 0. The molecule has 2 aliphatic heterocycles. The van der Waals surface area contributed by atoms with Gasteiger partial charge in [-0.25, -0.2) is 9.97 Å². The molecule has 1 N–H and O–H groups in total. The fraction of sp³-hybridized carbons (Fsp3) is 0.733. The third-order valence-electron chi connectivity index (χ3n) is 4.36. The largest absolute Gasteiger partial charge is 0.379 e. The molecule has 0 radical (unpaired) electrons. The molecule has 6 nitrogen and oxygen atoms in total. The molecular formula is C15H25N5O. The molecule has 0 saturated carbocycles. The molecule has 0 atom stereocenters. The Balaban J connectivity index is 1.35. The lowest BCUT2D eigenvalue weighted by Crippen LogP contribution is -2.45. The first-order valence-corrected chi connectivity index (χ1v) is 7.95. The van der Waals surface area contributed by atoms with Crippen LogP contribution < -0.4 is 5.32 Å². The molecule has 0 aromatic carbocycles. The maximum atomic E-state index is 5.39. The molecular weight excluding hydrogens is 266 g/mol. The highest BCUT2D eigenvalue weighted by Crippen LogP contribution is 2.14. The number of hydrogen-bond donors (Lipinski definition) is 1. The first-order chi connectivity index (χ1) is 10.4. The topological polar surface area (TPSA) is 53.5 Å². The normalized spacial score (nSPS) is 22.3. The average molecular weight is 291 g/mol. The van der Waals surface area contributed by atoms with Crippen molar-refractivity contribution in [3.05, 3.63) is 18.6 Å². The van der Waals surface area contributed by atoms with Crippen molar-refractivity contribution < 1.29 is 4.74 Å². The molecule has 2 saturated heterocycles. The van der Waals surface area contributed by atoms with Crippen molar-refractivity contribution in [1.29, 1.82) is 0 Å². The highest BCUT2D eigenvalue weighted by Gasteiger charge is 2.20. The number of anilines is 1. The van der Waals surface area contributed by atoms with Gasteiger partial charge in [0.2, 0.25) is 0 Å². The van der Waals surface area contributed by atoms with Crippen LogP contribution in [0.1, 0.15) is 12.8 Å². The molecule has 6 heteroatoms. The summed E-state index contributed by atoms with van der Waals surface area (Å²) in [5.41, 5.74) is 0. The van der Waals surface area contributed by atoms with Gasteiger partial charge in [-0.2, -0.15) is 0 Å². The Morgan fingerprint density at radius 1 is 1.10 bits per heavy atom. The van der Waals surface area contributed by atoms with Crippen LogP contribution in [0.3, 0.4) is 0 Å². The molecule has 0 aliphatic carbocycles. The summed E-state index contributed by atoms with van der Waals surface area (Å²) < 4.78 is 5.39. The minimum Gasteiger partial charge on any atom is -0.379 e. The van der Waals surface area contributed by atoms with Crippen LogP contribution in [0.2, 0.25) is 0 Å². The standard InChI is InChI=1S/C15H25N5O/c1-4-16-13-17-15(1)18-14-2-5-19(6-3-14)7-8-20-9-11-21-12-10-20/h1,4,13-14H,2-3,5-12H2,(H,16,17,18). The van der Waals surface area contributed by atoms with Gasteiger partial charge in [-0.1, -0.05) is 0 Å². The lowest BCUT2D eigenvalue weighted by atomic mass is 10.1. The number of morpholine rings is 1. The van der Waals surface area contributed by atoms with E-state index >= 15 is 0 Å². The Bertz CT molecular complexity index is 402. The van der Waals surface area contributed by atoms with E-state index in [1.165, 1.54) is 39.0 Å². The van der Waals surface area contributed by atoms with Crippen molar-refractivity contribution in [1.82, 2.24) is 19.8 Å². The van der Waals surface area contributed by atoms with Gasteiger partial charge in [0, 0.05) is 51.5 Å². The second-order valence-electron chi connectivity index (χ2n) is 5.81. The first kappa shape index (κ1) is 14.7. The van der Waals surface area contributed by atoms with Gasteiger partial charge in [-0.05, 0) is 18.9 Å². The summed E-state index contributed by atoms with van der Waals surface area (Å²) in [6.07, 6.45) is 5.76. The molecule has 0 bridgehead atoms. The predicted molar refractivity (Wildman–Crippen MR) is 82.4 cm³/mol. The number of aromatic nitrogens is 2. The molecule has 1 aromatic rings. The molecule has 21 heavy (non-hydrogen) atoms. The van der Waals surface area contributed by atoms with E-state index in [-0.39, 0.29) is 0 Å². The van der Waals surface area contributed by atoms with E-state index in [0.717, 1.165) is 32.1 Å². The summed E-state index contributed by atoms with van der Waals surface area (Å²) in [5, 5.41) is 3.50. The Morgan fingerprint density at radius 2 is 1.81 bits per heavy atom. The van der Waals surface area contributed by atoms with Crippen molar-refractivity contribution in [2.75, 3.05) is 57.8 Å². The van der Waals surface area contributed by atoms with Crippen LogP contribution in [0.5, 0.6) is 0 Å². The van der Waals surface area contributed by atoms with E-state index in [1.54, 1.807) is 12.5 Å². The van der Waals surface area contributed by atoms with Crippen molar-refractivity contribution in [3.63, 3.8) is 0 Å². The monoisotopic (exact) mass is 291 g/mol. The number of likely N-dealkylation sites (tertiary alicyclic amines) is 1. The van der Waals surface area contributed by atoms with Crippen molar-refractivity contribution in [2.24, 2.45) is 0 Å². The zero-order chi connectivity index (χ0) is 14.3. The van der Waals surface area contributed by atoms with Gasteiger partial charge in [-0.3, -0.25) is 4.90 Å². The van der Waals surface area contributed by atoms with E-state index < -0.39 is 0 Å². The molecule has 2 aliphatic rings. The van der Waals surface area contributed by atoms with Gasteiger partial charge in [0.05, 0.1) is 13.2 Å². The van der Waals surface area contributed by atoms with Crippen molar-refractivity contribution in [2.45, 2.75) is 18.9 Å². The van der Waals surface area contributed by atoms with Crippen LogP contribution in [0.4, 0.5) is 5.82 Å². The van der Waals surface area contributed by atoms with Crippen molar-refractivity contribution >= 4 is 5.82 Å². The third kappa shape index (κ3) is 4.62. The summed E-state index contributed by atoms with van der Waals surface area (Å²) in [4.78, 5) is 13.3. The summed E-state index contributed by atoms with van der Waals surface area (Å²) in [6, 6.07) is 2.48. The van der Waals surface area contributed by atoms with Gasteiger partial charge in [0.1, 0.15) is 12.1 Å². The molecule has 3 rings (SSSR count). The molecule has 1 aromatic heterocycles. The lowest BCUT2D eigenvalue weighted by molar-refractivity contribution is 0.0322. The van der Waals surface area contributed by atoms with Crippen LogP contribution in [0.25, 0.3) is 0 Å². The number of piperidine rings is 1. The number of ether oxygens (including phenoxy) is 1. The molecule has 0 unspecified atom stereocenters. The van der Waals surface area contributed by atoms with Gasteiger partial charge in [-0.15, -0.1) is 0 Å². The fourth-order valence-electron chi connectivity index (χ4n) is 2.99. The van der Waals surface area contributed by atoms with Crippen molar-refractivity contribution in [3.8, 4) is 0 Å². The highest BCUT2D eigenvalue weighted by atomic mass is 16.5. The van der Waals surface area contributed by atoms with Crippen LogP contribution in [0, 0.1) is 0 Å². The maximum absolute atomic E-state index is 5.39. The minimum absolute atomic E-state index is 0.541. The highest BCUT2D eigenvalue weighted by molar-refractivity contribution is 5.33. The van der Waals surface area contributed by atoms with Gasteiger partial charge >= 0.3 is 0 Å². The lowest BCUT2D eigenvalue weighted by Gasteiger charge is -2.34. The first-order valence-electron chi connectivity index (χ1n) is 7.95. The van der Waals surface area contributed by atoms with Gasteiger partial charge < -0.3 is 15.0 Å². The summed E-state index contributed by atoms with van der Waals surface area (Å²) in [6.45, 7) is 8.67. The third-order valence-corrected chi connectivity index (χ3v) is 4.36. The summed E-state index contributed by atoms with van der Waals surface area (Å²) in [5.74, 6) is 0.941. The molecule has 0 amide bonds. The smallest absolute Gasteiger partial charge is 0.129 e. The molecule has 116 valence electrons. The SMILES string of the molecule is c1cc(NC2CCN(CCN3CCOCC3)CC2)ncn1. The fourth-order valence-corrected chi connectivity index (χ4v) is 2.99. The number of nitrogens with zero attached hydrogens (tertiary/aromatic N) is 4. The quantitative estimate of drug-likeness (QED) is 0.861. The zero-order valence-electron chi connectivity index (χ0n) is 12.6. The van der Waals surface area contributed by atoms with Crippen LogP contribution in [0.15, 0.2) is 18.6 Å². The molecule has 0 spiro atoms. The Morgan fingerprint density at radius 3 is 2.48 bits per heavy atom. The van der Waals surface area contributed by atoms with E-state index in [4.69, 9.17) is 4.74 Å². The van der Waals surface area contributed by atoms with E-state index in [2.05, 4.69) is 25.1 Å². The van der Waals surface area contributed by atoms with E-state index in [9.17, 15) is 0 Å². The molecule has 3 heterocycles. The van der Waals surface area contributed by atoms with Gasteiger partial charge in [0.25, 0.3) is 0 Å². The summed E-state index contributed by atoms with van der Waals surface area (Å²) >= 11 is 0. The van der Waals surface area contributed by atoms with Crippen LogP contribution >= 0.6 is 0 Å². The Kier molecular flexibility index (Phi) is 5.37. The average Bonchev–Trinajstić information content (AvgIpc) is 2.56. The van der Waals surface area contributed by atoms with E-state index in [1.807, 2.05) is 6.07 Å². The second kappa shape index (κ2) is 7.68. The Labute approximate surface area is 126 Å². The predicted octanol–water partition coefficient (Wildman–Crippen LogP) is 0.685. The zero-order valence-corrected chi connectivity index (χ0v) is 12.6. The second-order valence-corrected chi connectivity index (χ2v) is 5.81.